The number of hydrogen-bond acceptors (Lipinski definition) is 4. The maximum atomic E-state index is 14.2. The fourth-order valence-electron chi connectivity index (χ4n) is 3.03. The molecule has 124 valence electrons. The predicted octanol–water partition coefficient (Wildman–Crippen LogP) is 2.25. The van der Waals surface area contributed by atoms with Crippen LogP contribution in [0.5, 0.6) is 0 Å². The lowest BCUT2D eigenvalue weighted by Crippen LogP contribution is -2.41. The van der Waals surface area contributed by atoms with Crippen LogP contribution in [0.3, 0.4) is 0 Å². The van der Waals surface area contributed by atoms with Gasteiger partial charge in [0, 0.05) is 42.6 Å². The van der Waals surface area contributed by atoms with E-state index in [0.717, 1.165) is 19.2 Å². The van der Waals surface area contributed by atoms with Crippen LogP contribution >= 0.6 is 9.39 Å². The number of nitrogens with zero attached hydrogens (tertiary/aromatic N) is 3. The van der Waals surface area contributed by atoms with Gasteiger partial charge in [0.1, 0.15) is 0 Å². The average molecular weight is 355 g/mol. The van der Waals surface area contributed by atoms with E-state index in [1.54, 1.807) is 12.1 Å². The van der Waals surface area contributed by atoms with Gasteiger partial charge in [0.05, 0.1) is 11.1 Å². The molecule has 0 N–H and O–H groups in total. The number of pyridine rings is 1. The second kappa shape index (κ2) is 6.40. The Hall–Kier alpha value is -1.14. The molecule has 5 nitrogen and oxygen atoms in total. The standard InChI is InChI=1S/C15H19FN3O2PS/c1-11-10-18(22)6-3-7-19(11)23(20,21)14-5-2-4-12-8-17-9-13(16)15(12)14/h2,4-5,8-9,11H,3,6-7,10,22H2,1H3/t11-/m1/s1. The van der Waals surface area contributed by atoms with Crippen LogP contribution in [0, 0.1) is 5.82 Å². The Labute approximate surface area is 137 Å². The normalized spacial score (nSPS) is 21.4. The van der Waals surface area contributed by atoms with Crippen molar-refractivity contribution in [3.8, 4) is 0 Å². The summed E-state index contributed by atoms with van der Waals surface area (Å²) in [6.07, 6.45) is 3.27. The van der Waals surface area contributed by atoms with Gasteiger partial charge >= 0.3 is 0 Å². The fourth-order valence-corrected chi connectivity index (χ4v) is 5.40. The zero-order valence-electron chi connectivity index (χ0n) is 12.8. The number of rotatable bonds is 2. The summed E-state index contributed by atoms with van der Waals surface area (Å²) in [5.41, 5.74) is 0. The molecular weight excluding hydrogens is 336 g/mol. The first-order valence-electron chi connectivity index (χ1n) is 7.45. The van der Waals surface area contributed by atoms with E-state index < -0.39 is 15.8 Å². The van der Waals surface area contributed by atoms with Gasteiger partial charge in [-0.3, -0.25) is 9.65 Å². The zero-order valence-corrected chi connectivity index (χ0v) is 14.8. The second-order valence-electron chi connectivity index (χ2n) is 5.79. The number of halogens is 1. The molecule has 0 spiro atoms. The molecule has 1 aliphatic heterocycles. The first-order chi connectivity index (χ1) is 10.9. The summed E-state index contributed by atoms with van der Waals surface area (Å²) < 4.78 is 44.0. The molecule has 0 radical (unpaired) electrons. The third kappa shape index (κ3) is 3.11. The van der Waals surface area contributed by atoms with E-state index in [2.05, 4.69) is 14.4 Å². The summed E-state index contributed by atoms with van der Waals surface area (Å²) in [5.74, 6) is -0.614. The highest BCUT2D eigenvalue weighted by atomic mass is 32.2. The maximum Gasteiger partial charge on any atom is 0.244 e. The van der Waals surface area contributed by atoms with Gasteiger partial charge in [-0.15, -0.1) is 0 Å². The second-order valence-corrected chi connectivity index (χ2v) is 8.38. The molecule has 8 heteroatoms. The monoisotopic (exact) mass is 355 g/mol. The largest absolute Gasteiger partial charge is 0.286 e. The van der Waals surface area contributed by atoms with Gasteiger partial charge in [-0.25, -0.2) is 12.8 Å². The van der Waals surface area contributed by atoms with E-state index >= 15 is 0 Å². The Morgan fingerprint density at radius 2 is 2.09 bits per heavy atom. The van der Waals surface area contributed by atoms with Crippen molar-refractivity contribution < 1.29 is 12.8 Å². The van der Waals surface area contributed by atoms with E-state index in [0.29, 0.717) is 18.5 Å². The summed E-state index contributed by atoms with van der Waals surface area (Å²) in [4.78, 5) is 3.81. The number of aromatic nitrogens is 1. The molecule has 1 aromatic carbocycles. The van der Waals surface area contributed by atoms with Crippen molar-refractivity contribution in [1.82, 2.24) is 14.0 Å². The molecule has 3 rings (SSSR count). The van der Waals surface area contributed by atoms with Crippen LogP contribution in [0.25, 0.3) is 10.8 Å². The van der Waals surface area contributed by atoms with Crippen molar-refractivity contribution in [3.63, 3.8) is 0 Å². The molecule has 1 fully saturated rings. The minimum absolute atomic E-state index is 0.0129. The first kappa shape index (κ1) is 16.7. The summed E-state index contributed by atoms with van der Waals surface area (Å²) in [7, 11) is -1.15. The SMILES string of the molecule is C[C@@H]1CN(P)CCCN1S(=O)(=O)c1cccc2cncc(F)c12. The Balaban J connectivity index is 2.13. The molecule has 1 unspecified atom stereocenters. The fraction of sp³-hybridized carbons (Fsp3) is 0.400. The topological polar surface area (TPSA) is 53.5 Å². The summed E-state index contributed by atoms with van der Waals surface area (Å²) >= 11 is 0. The van der Waals surface area contributed by atoms with Crippen molar-refractivity contribution in [2.24, 2.45) is 0 Å². The summed E-state index contributed by atoms with van der Waals surface area (Å²) in [6, 6.07) is 4.58. The van der Waals surface area contributed by atoms with E-state index in [4.69, 9.17) is 0 Å². The van der Waals surface area contributed by atoms with Gasteiger partial charge in [-0.1, -0.05) is 21.5 Å². The minimum Gasteiger partial charge on any atom is -0.286 e. The van der Waals surface area contributed by atoms with Crippen molar-refractivity contribution in [2.45, 2.75) is 24.3 Å². The van der Waals surface area contributed by atoms with Gasteiger partial charge in [-0.2, -0.15) is 4.31 Å². The van der Waals surface area contributed by atoms with E-state index in [-0.39, 0.29) is 16.3 Å². The quantitative estimate of drug-likeness (QED) is 0.776. The minimum atomic E-state index is -3.78. The number of fused-ring (bicyclic) bond motifs is 1. The number of benzene rings is 1. The highest BCUT2D eigenvalue weighted by Crippen LogP contribution is 2.29. The van der Waals surface area contributed by atoms with Gasteiger partial charge in [0.15, 0.2) is 5.82 Å². The molecule has 0 aliphatic carbocycles. The van der Waals surface area contributed by atoms with Crippen LogP contribution in [0.1, 0.15) is 13.3 Å². The summed E-state index contributed by atoms with van der Waals surface area (Å²) in [6.45, 7) is 3.74. The van der Waals surface area contributed by atoms with Gasteiger partial charge in [0.2, 0.25) is 10.0 Å². The van der Waals surface area contributed by atoms with Gasteiger partial charge < -0.3 is 0 Å². The van der Waals surface area contributed by atoms with E-state index in [1.807, 2.05) is 11.6 Å². The van der Waals surface area contributed by atoms with Crippen LogP contribution in [0.4, 0.5) is 4.39 Å². The average Bonchev–Trinajstić information content (AvgIpc) is 2.67. The molecule has 0 saturated carbocycles. The molecule has 23 heavy (non-hydrogen) atoms. The highest BCUT2D eigenvalue weighted by Gasteiger charge is 2.33. The number of hydrogen-bond donors (Lipinski definition) is 0. The molecule has 0 bridgehead atoms. The smallest absolute Gasteiger partial charge is 0.244 e. The zero-order chi connectivity index (χ0) is 16.6. The van der Waals surface area contributed by atoms with Crippen LogP contribution in [0.2, 0.25) is 0 Å². The third-order valence-electron chi connectivity index (χ3n) is 4.10. The third-order valence-corrected chi connectivity index (χ3v) is 6.62. The number of sulfonamides is 1. The highest BCUT2D eigenvalue weighted by molar-refractivity contribution is 7.89. The molecule has 2 atom stereocenters. The molecule has 1 saturated heterocycles. The van der Waals surface area contributed by atoms with Crippen LogP contribution in [-0.2, 0) is 10.0 Å². The van der Waals surface area contributed by atoms with E-state index in [1.165, 1.54) is 16.6 Å². The summed E-state index contributed by atoms with van der Waals surface area (Å²) in [5, 5.41) is 0.600. The lowest BCUT2D eigenvalue weighted by Gasteiger charge is -2.27. The van der Waals surface area contributed by atoms with Gasteiger partial charge in [-0.05, 0) is 19.4 Å². The first-order valence-corrected chi connectivity index (χ1v) is 9.40. The van der Waals surface area contributed by atoms with E-state index in [9.17, 15) is 12.8 Å². The van der Waals surface area contributed by atoms with Crippen LogP contribution in [-0.4, -0.2) is 48.1 Å². The maximum absolute atomic E-state index is 14.2. The molecular formula is C15H19FN3O2PS. The molecule has 0 amide bonds. The van der Waals surface area contributed by atoms with Crippen molar-refractivity contribution in [1.29, 1.82) is 0 Å². The Bertz CT molecular complexity index is 825. The van der Waals surface area contributed by atoms with Crippen molar-refractivity contribution in [3.05, 3.63) is 36.4 Å². The van der Waals surface area contributed by atoms with Crippen LogP contribution in [0.15, 0.2) is 35.5 Å². The van der Waals surface area contributed by atoms with Crippen molar-refractivity contribution >= 4 is 30.2 Å². The van der Waals surface area contributed by atoms with Crippen LogP contribution < -0.4 is 0 Å². The lowest BCUT2D eigenvalue weighted by molar-refractivity contribution is 0.335. The molecule has 1 aromatic heterocycles. The molecule has 1 aliphatic rings. The Morgan fingerprint density at radius 1 is 1.30 bits per heavy atom. The molecule has 2 aromatic rings. The predicted molar refractivity (Wildman–Crippen MR) is 91.0 cm³/mol. The van der Waals surface area contributed by atoms with Crippen molar-refractivity contribution in [2.75, 3.05) is 19.6 Å². The lowest BCUT2D eigenvalue weighted by atomic mass is 10.2. The van der Waals surface area contributed by atoms with Gasteiger partial charge in [0.25, 0.3) is 0 Å². The molecule has 2 heterocycles. The Kier molecular flexibility index (Phi) is 4.65. The Morgan fingerprint density at radius 3 is 2.87 bits per heavy atom.